The quantitative estimate of drug-likeness (QED) is 0.742. The van der Waals surface area contributed by atoms with Crippen LogP contribution in [0.1, 0.15) is 49.7 Å². The van der Waals surface area contributed by atoms with Crippen LogP contribution in [0.15, 0.2) is 12.1 Å². The lowest BCUT2D eigenvalue weighted by molar-refractivity contribution is -0.120. The van der Waals surface area contributed by atoms with Crippen molar-refractivity contribution in [2.75, 3.05) is 18.9 Å². The number of nitrogens with zero attached hydrogens (tertiary/aromatic N) is 1. The van der Waals surface area contributed by atoms with Gasteiger partial charge in [-0.3, -0.25) is 9.59 Å². The molecule has 1 heterocycles. The first-order valence-electron chi connectivity index (χ1n) is 7.10. The molecular weight excluding hydrogens is 268 g/mol. The van der Waals surface area contributed by atoms with E-state index in [1.165, 1.54) is 0 Å². The van der Waals surface area contributed by atoms with Crippen molar-refractivity contribution >= 4 is 17.6 Å². The Morgan fingerprint density at radius 1 is 1.19 bits per heavy atom. The van der Waals surface area contributed by atoms with Gasteiger partial charge in [0.25, 0.3) is 5.91 Å². The maximum absolute atomic E-state index is 12.1. The molecule has 1 aromatic heterocycles. The van der Waals surface area contributed by atoms with E-state index in [0.29, 0.717) is 11.4 Å². The van der Waals surface area contributed by atoms with Gasteiger partial charge in [-0.2, -0.15) is 0 Å². The van der Waals surface area contributed by atoms with Crippen molar-refractivity contribution in [3.63, 3.8) is 0 Å². The fraction of sp³-hybridized carbons (Fsp3) is 0.533. The fourth-order valence-corrected chi connectivity index (χ4v) is 1.74. The lowest BCUT2D eigenvalue weighted by atomic mass is 10.1. The Morgan fingerprint density at radius 3 is 2.38 bits per heavy atom. The molecule has 0 bridgehead atoms. The zero-order chi connectivity index (χ0) is 16.0. The van der Waals surface area contributed by atoms with Crippen LogP contribution >= 0.6 is 0 Å². The molecule has 1 rings (SSSR count). The van der Waals surface area contributed by atoms with Crippen LogP contribution in [0.2, 0.25) is 0 Å². The van der Waals surface area contributed by atoms with Gasteiger partial charge in [0.1, 0.15) is 5.82 Å². The van der Waals surface area contributed by atoms with Crippen molar-refractivity contribution in [2.24, 2.45) is 0 Å². The van der Waals surface area contributed by atoms with E-state index >= 15 is 0 Å². The highest BCUT2D eigenvalue weighted by molar-refractivity contribution is 5.97. The number of carbonyl (C=O) groups is 2. The molecule has 0 fully saturated rings. The zero-order valence-corrected chi connectivity index (χ0v) is 13.3. The molecule has 0 radical (unpaired) electrons. The van der Waals surface area contributed by atoms with Gasteiger partial charge < -0.3 is 16.0 Å². The number of rotatable bonds is 6. The minimum Gasteiger partial charge on any atom is -0.373 e. The molecule has 0 saturated heterocycles. The predicted molar refractivity (Wildman–Crippen MR) is 83.5 cm³/mol. The molecule has 0 aromatic carbocycles. The molecule has 0 unspecified atom stereocenters. The first-order chi connectivity index (χ1) is 9.83. The molecule has 116 valence electrons. The molecule has 0 atom stereocenters. The molecule has 0 saturated carbocycles. The van der Waals surface area contributed by atoms with Crippen LogP contribution in [0.3, 0.4) is 0 Å². The lowest BCUT2D eigenvalue weighted by Gasteiger charge is -2.12. The summed E-state index contributed by atoms with van der Waals surface area (Å²) in [7, 11) is 1.75. The third kappa shape index (κ3) is 5.41. The summed E-state index contributed by atoms with van der Waals surface area (Å²) in [6.07, 6.45) is 0. The van der Waals surface area contributed by atoms with Crippen LogP contribution in [0.4, 0.5) is 5.82 Å². The lowest BCUT2D eigenvalue weighted by Crippen LogP contribution is -2.39. The van der Waals surface area contributed by atoms with E-state index in [0.717, 1.165) is 5.69 Å². The second-order valence-corrected chi connectivity index (χ2v) is 5.48. The SMILES string of the molecule is CNc1cc(C(=O)NCC(=O)NC(C)C)cc(C(C)C)n1. The second-order valence-electron chi connectivity index (χ2n) is 5.48. The van der Waals surface area contributed by atoms with Gasteiger partial charge in [0.05, 0.1) is 6.54 Å². The van der Waals surface area contributed by atoms with Crippen LogP contribution in [-0.4, -0.2) is 36.4 Å². The Hall–Kier alpha value is -2.11. The summed E-state index contributed by atoms with van der Waals surface area (Å²) in [4.78, 5) is 28.1. The van der Waals surface area contributed by atoms with Crippen molar-refractivity contribution in [1.82, 2.24) is 15.6 Å². The number of aromatic nitrogens is 1. The summed E-state index contributed by atoms with van der Waals surface area (Å²) in [6, 6.07) is 3.47. The smallest absolute Gasteiger partial charge is 0.251 e. The minimum atomic E-state index is -0.283. The number of hydrogen-bond acceptors (Lipinski definition) is 4. The number of hydrogen-bond donors (Lipinski definition) is 3. The maximum Gasteiger partial charge on any atom is 0.251 e. The van der Waals surface area contributed by atoms with Crippen LogP contribution in [-0.2, 0) is 4.79 Å². The summed E-state index contributed by atoms with van der Waals surface area (Å²) in [6.45, 7) is 7.73. The molecule has 0 spiro atoms. The number of anilines is 1. The summed E-state index contributed by atoms with van der Waals surface area (Å²) in [5, 5.41) is 8.28. The average molecular weight is 292 g/mol. The van der Waals surface area contributed by atoms with Gasteiger partial charge in [0.15, 0.2) is 0 Å². The molecule has 6 nitrogen and oxygen atoms in total. The highest BCUT2D eigenvalue weighted by Crippen LogP contribution is 2.17. The van der Waals surface area contributed by atoms with Gasteiger partial charge in [0.2, 0.25) is 5.91 Å². The van der Waals surface area contributed by atoms with Crippen LogP contribution in [0, 0.1) is 0 Å². The van der Waals surface area contributed by atoms with Crippen molar-refractivity contribution in [3.05, 3.63) is 23.4 Å². The Bertz CT molecular complexity index is 512. The third-order valence-corrected chi connectivity index (χ3v) is 2.81. The van der Waals surface area contributed by atoms with E-state index in [-0.39, 0.29) is 30.3 Å². The minimum absolute atomic E-state index is 0.0365. The van der Waals surface area contributed by atoms with Gasteiger partial charge in [-0.25, -0.2) is 4.98 Å². The topological polar surface area (TPSA) is 83.1 Å². The number of amides is 2. The number of nitrogens with one attached hydrogen (secondary N) is 3. The van der Waals surface area contributed by atoms with E-state index in [2.05, 4.69) is 20.9 Å². The second kappa shape index (κ2) is 7.61. The number of carbonyl (C=O) groups excluding carboxylic acids is 2. The largest absolute Gasteiger partial charge is 0.373 e. The first kappa shape index (κ1) is 16.9. The van der Waals surface area contributed by atoms with Crippen molar-refractivity contribution in [2.45, 2.75) is 39.7 Å². The third-order valence-electron chi connectivity index (χ3n) is 2.81. The highest BCUT2D eigenvalue weighted by atomic mass is 16.2. The van der Waals surface area contributed by atoms with Gasteiger partial charge >= 0.3 is 0 Å². The normalized spacial score (nSPS) is 10.6. The van der Waals surface area contributed by atoms with E-state index in [1.54, 1.807) is 19.2 Å². The van der Waals surface area contributed by atoms with Crippen molar-refractivity contribution < 1.29 is 9.59 Å². The molecule has 6 heteroatoms. The monoisotopic (exact) mass is 292 g/mol. The summed E-state index contributed by atoms with van der Waals surface area (Å²) < 4.78 is 0. The van der Waals surface area contributed by atoms with Gasteiger partial charge in [-0.05, 0) is 31.9 Å². The van der Waals surface area contributed by atoms with Crippen LogP contribution < -0.4 is 16.0 Å². The van der Waals surface area contributed by atoms with E-state index in [9.17, 15) is 9.59 Å². The molecular formula is C15H24N4O2. The van der Waals surface area contributed by atoms with Crippen molar-refractivity contribution in [3.8, 4) is 0 Å². The highest BCUT2D eigenvalue weighted by Gasteiger charge is 2.12. The molecule has 0 aliphatic heterocycles. The van der Waals surface area contributed by atoms with Gasteiger partial charge in [-0.1, -0.05) is 13.8 Å². The summed E-state index contributed by atoms with van der Waals surface area (Å²) in [5.41, 5.74) is 1.33. The molecule has 3 N–H and O–H groups in total. The Kier molecular flexibility index (Phi) is 6.14. The molecule has 0 aliphatic rings. The Morgan fingerprint density at radius 2 is 1.86 bits per heavy atom. The molecule has 1 aromatic rings. The van der Waals surface area contributed by atoms with Crippen LogP contribution in [0.5, 0.6) is 0 Å². The average Bonchev–Trinajstić information content (AvgIpc) is 2.43. The fourth-order valence-electron chi connectivity index (χ4n) is 1.74. The van der Waals surface area contributed by atoms with Crippen LogP contribution in [0.25, 0.3) is 0 Å². The molecule has 2 amide bonds. The molecule has 0 aliphatic carbocycles. The molecule has 21 heavy (non-hydrogen) atoms. The van der Waals surface area contributed by atoms with E-state index < -0.39 is 0 Å². The predicted octanol–water partition coefficient (Wildman–Crippen LogP) is 1.50. The maximum atomic E-state index is 12.1. The van der Waals surface area contributed by atoms with Gasteiger partial charge in [-0.15, -0.1) is 0 Å². The standard InChI is InChI=1S/C15H24N4O2/c1-9(2)12-6-11(7-13(16-5)19-12)15(21)17-8-14(20)18-10(3)4/h6-7,9-10H,8H2,1-5H3,(H,16,19)(H,17,21)(H,18,20). The zero-order valence-electron chi connectivity index (χ0n) is 13.3. The van der Waals surface area contributed by atoms with E-state index in [1.807, 2.05) is 27.7 Å². The number of pyridine rings is 1. The first-order valence-corrected chi connectivity index (χ1v) is 7.10. The Balaban J connectivity index is 2.77. The van der Waals surface area contributed by atoms with Crippen molar-refractivity contribution in [1.29, 1.82) is 0 Å². The summed E-state index contributed by atoms with van der Waals surface area (Å²) >= 11 is 0. The van der Waals surface area contributed by atoms with Gasteiger partial charge in [0, 0.05) is 24.3 Å². The summed E-state index contributed by atoms with van der Waals surface area (Å²) in [5.74, 6) is 0.368. The Labute approximate surface area is 125 Å². The van der Waals surface area contributed by atoms with E-state index in [4.69, 9.17) is 0 Å².